The van der Waals surface area contributed by atoms with Gasteiger partial charge in [-0.05, 0) is 89.2 Å². The molecule has 2 saturated heterocycles. The number of hydrogen-bond donors (Lipinski definition) is 1. The average molecular weight is 529 g/mol. The largest absolute Gasteiger partial charge is 0.355 e. The van der Waals surface area contributed by atoms with Gasteiger partial charge < -0.3 is 9.84 Å². The van der Waals surface area contributed by atoms with Gasteiger partial charge >= 0.3 is 0 Å². The lowest BCUT2D eigenvalue weighted by Gasteiger charge is -2.31. The van der Waals surface area contributed by atoms with E-state index in [1.807, 2.05) is 19.9 Å². The minimum Gasteiger partial charge on any atom is -0.355 e. The van der Waals surface area contributed by atoms with Gasteiger partial charge in [0.2, 0.25) is 15.9 Å². The summed E-state index contributed by atoms with van der Waals surface area (Å²) in [6.45, 7) is 13.3. The summed E-state index contributed by atoms with van der Waals surface area (Å²) in [5.41, 5.74) is 4.79. The summed E-state index contributed by atoms with van der Waals surface area (Å²) in [5, 5.41) is 7.09. The highest BCUT2D eigenvalue weighted by atomic mass is 32.2. The minimum absolute atomic E-state index is 0.0358. The van der Waals surface area contributed by atoms with E-state index in [9.17, 15) is 13.2 Å². The highest BCUT2D eigenvalue weighted by Crippen LogP contribution is 2.30. The van der Waals surface area contributed by atoms with Crippen LogP contribution in [0.2, 0.25) is 0 Å². The Bertz CT molecular complexity index is 1240. The molecule has 1 N–H and O–H groups in total. The van der Waals surface area contributed by atoms with Crippen molar-refractivity contribution >= 4 is 28.1 Å². The normalized spacial score (nSPS) is 20.2. The summed E-state index contributed by atoms with van der Waals surface area (Å²) in [6.07, 6.45) is 6.88. The highest BCUT2D eigenvalue weighted by Gasteiger charge is 2.36. The number of benzene rings is 1. The Balaban J connectivity index is 1.42. The lowest BCUT2D eigenvalue weighted by Crippen LogP contribution is -2.46. The maximum Gasteiger partial charge on any atom is 0.248 e. The van der Waals surface area contributed by atoms with Crippen molar-refractivity contribution in [3.63, 3.8) is 0 Å². The topological polar surface area (TPSA) is 95.8 Å². The van der Waals surface area contributed by atoms with Gasteiger partial charge in [-0.2, -0.15) is 4.31 Å². The summed E-state index contributed by atoms with van der Waals surface area (Å²) in [7, 11) is -3.81. The summed E-state index contributed by atoms with van der Waals surface area (Å²) in [6, 6.07) is 4.61. The van der Waals surface area contributed by atoms with Gasteiger partial charge in [0.05, 0.1) is 0 Å². The van der Waals surface area contributed by atoms with Crippen LogP contribution in [0.1, 0.15) is 66.3 Å². The van der Waals surface area contributed by atoms with Crippen molar-refractivity contribution < 1.29 is 17.7 Å². The molecule has 0 bridgehead atoms. The van der Waals surface area contributed by atoms with Crippen LogP contribution in [-0.4, -0.2) is 67.5 Å². The van der Waals surface area contributed by atoms with Crippen LogP contribution in [0.3, 0.4) is 0 Å². The number of piperidine rings is 1. The van der Waals surface area contributed by atoms with E-state index >= 15 is 0 Å². The second kappa shape index (κ2) is 11.5. The molecule has 0 aliphatic carbocycles. The molecule has 4 rings (SSSR count). The highest BCUT2D eigenvalue weighted by molar-refractivity contribution is 7.89. The zero-order chi connectivity index (χ0) is 26.7. The van der Waals surface area contributed by atoms with Crippen molar-refractivity contribution in [2.75, 3.05) is 32.7 Å². The first-order chi connectivity index (χ1) is 17.6. The molecule has 1 atom stereocenters. The van der Waals surface area contributed by atoms with Gasteiger partial charge in [0.1, 0.15) is 5.69 Å². The predicted molar refractivity (Wildman–Crippen MR) is 146 cm³/mol. The van der Waals surface area contributed by atoms with Crippen LogP contribution in [0.15, 0.2) is 21.6 Å². The second-order valence-corrected chi connectivity index (χ2v) is 12.3. The number of carbonyl (C=O) groups is 1. The Morgan fingerprint density at radius 3 is 2.41 bits per heavy atom. The maximum absolute atomic E-state index is 13.6. The van der Waals surface area contributed by atoms with E-state index < -0.39 is 10.0 Å². The molecule has 9 heteroatoms. The number of aryl methyl sites for hydroxylation is 4. The van der Waals surface area contributed by atoms with Crippen LogP contribution in [0.25, 0.3) is 12.2 Å². The molecule has 202 valence electrons. The fraction of sp³-hybridized carbons (Fsp3) is 0.571. The predicted octanol–water partition coefficient (Wildman–Crippen LogP) is 4.08. The Hall–Kier alpha value is -2.49. The Morgan fingerprint density at radius 1 is 1.08 bits per heavy atom. The van der Waals surface area contributed by atoms with Crippen molar-refractivity contribution in [2.24, 2.45) is 5.92 Å². The Kier molecular flexibility index (Phi) is 8.56. The summed E-state index contributed by atoms with van der Waals surface area (Å²) in [5.74, 6) is 0.0979. The molecule has 1 aromatic carbocycles. The number of likely N-dealkylation sites (tertiary alicyclic amines) is 1. The van der Waals surface area contributed by atoms with Crippen molar-refractivity contribution in [1.29, 1.82) is 0 Å². The second-order valence-electron chi connectivity index (χ2n) is 10.5. The number of hydrogen-bond acceptors (Lipinski definition) is 6. The maximum atomic E-state index is 13.6. The quantitative estimate of drug-likeness (QED) is 0.555. The van der Waals surface area contributed by atoms with Crippen LogP contribution in [-0.2, 0) is 14.8 Å². The van der Waals surface area contributed by atoms with Gasteiger partial charge in [0, 0.05) is 31.6 Å². The third-order valence-electron chi connectivity index (χ3n) is 7.81. The SMILES string of the molecule is CCN1CCC[C@H]1CNC(=O)C1CCN(S(=O)(=O)c2c(C)noc2/C=C/c2c(C)cc(C)cc2C)CC1. The van der Waals surface area contributed by atoms with Gasteiger partial charge in [-0.1, -0.05) is 35.9 Å². The van der Waals surface area contributed by atoms with E-state index in [2.05, 4.69) is 41.4 Å². The van der Waals surface area contributed by atoms with Crippen molar-refractivity contribution in [3.8, 4) is 0 Å². The fourth-order valence-electron chi connectivity index (χ4n) is 5.80. The molecule has 2 aliphatic rings. The number of nitrogens with zero attached hydrogens (tertiary/aromatic N) is 3. The molecule has 3 heterocycles. The smallest absolute Gasteiger partial charge is 0.248 e. The monoisotopic (exact) mass is 528 g/mol. The van der Waals surface area contributed by atoms with Crippen molar-refractivity contribution in [1.82, 2.24) is 19.7 Å². The molecule has 2 aliphatic heterocycles. The van der Waals surface area contributed by atoms with Gasteiger partial charge in [-0.15, -0.1) is 0 Å². The van der Waals surface area contributed by atoms with Crippen molar-refractivity contribution in [3.05, 3.63) is 45.8 Å². The van der Waals surface area contributed by atoms with Gasteiger partial charge in [0.15, 0.2) is 10.7 Å². The molecule has 1 amide bonds. The van der Waals surface area contributed by atoms with Gasteiger partial charge in [0.25, 0.3) is 0 Å². The molecule has 0 unspecified atom stereocenters. The summed E-state index contributed by atoms with van der Waals surface area (Å²) in [4.78, 5) is 15.3. The molecule has 8 nitrogen and oxygen atoms in total. The van der Waals surface area contributed by atoms with Crippen LogP contribution in [0, 0.1) is 33.6 Å². The molecule has 1 aromatic heterocycles. The van der Waals surface area contributed by atoms with Gasteiger partial charge in [-0.25, -0.2) is 8.42 Å². The summed E-state index contributed by atoms with van der Waals surface area (Å²) >= 11 is 0. The molecule has 37 heavy (non-hydrogen) atoms. The Labute approximate surface area is 221 Å². The molecular weight excluding hydrogens is 488 g/mol. The molecule has 0 saturated carbocycles. The van der Waals surface area contributed by atoms with E-state index in [-0.39, 0.29) is 22.5 Å². The molecule has 2 aromatic rings. The number of amides is 1. The first kappa shape index (κ1) is 27.5. The van der Waals surface area contributed by atoms with E-state index in [1.54, 1.807) is 13.0 Å². The van der Waals surface area contributed by atoms with Crippen LogP contribution >= 0.6 is 0 Å². The van der Waals surface area contributed by atoms with E-state index in [0.29, 0.717) is 44.2 Å². The number of likely N-dealkylation sites (N-methyl/N-ethyl adjacent to an activating group) is 1. The average Bonchev–Trinajstić information content (AvgIpc) is 3.48. The number of sulfonamides is 1. The first-order valence-corrected chi connectivity index (χ1v) is 14.8. The minimum atomic E-state index is -3.81. The first-order valence-electron chi connectivity index (χ1n) is 13.4. The number of nitrogens with one attached hydrogen (secondary N) is 1. The van der Waals surface area contributed by atoms with Gasteiger partial charge in [-0.3, -0.25) is 9.69 Å². The van der Waals surface area contributed by atoms with E-state index in [1.165, 1.54) is 16.3 Å². The summed E-state index contributed by atoms with van der Waals surface area (Å²) < 4.78 is 34.1. The lowest BCUT2D eigenvalue weighted by atomic mass is 9.97. The number of aromatic nitrogens is 1. The third-order valence-corrected chi connectivity index (χ3v) is 9.87. The molecule has 0 spiro atoms. The van der Waals surface area contributed by atoms with Crippen molar-refractivity contribution in [2.45, 2.75) is 71.2 Å². The zero-order valence-corrected chi connectivity index (χ0v) is 23.5. The van der Waals surface area contributed by atoms with E-state index in [4.69, 9.17) is 4.52 Å². The molecular formula is C28H40N4O4S. The van der Waals surface area contributed by atoms with Crippen LogP contribution in [0.5, 0.6) is 0 Å². The number of rotatable bonds is 8. The fourth-order valence-corrected chi connectivity index (χ4v) is 7.52. The molecule has 2 fully saturated rings. The zero-order valence-electron chi connectivity index (χ0n) is 22.7. The van der Waals surface area contributed by atoms with Crippen LogP contribution < -0.4 is 5.32 Å². The molecule has 0 radical (unpaired) electrons. The standard InChI is InChI=1S/C28H40N4O4S/c1-6-31-13-7-8-24(31)18-29-28(33)23-11-14-32(15-12-23)37(34,35)27-22(5)30-36-26(27)10-9-25-20(3)16-19(2)17-21(25)4/h9-10,16-17,23-24H,6-8,11-15,18H2,1-5H3,(H,29,33)/b10-9+/t24-/m0/s1. The van der Waals surface area contributed by atoms with Crippen LogP contribution in [0.4, 0.5) is 0 Å². The third kappa shape index (κ3) is 5.99. The Morgan fingerprint density at radius 2 is 1.76 bits per heavy atom. The number of carbonyl (C=O) groups excluding carboxylic acids is 1. The van der Waals surface area contributed by atoms with E-state index in [0.717, 1.165) is 36.2 Å². The lowest BCUT2D eigenvalue weighted by molar-refractivity contribution is -0.126.